The van der Waals surface area contributed by atoms with Gasteiger partial charge in [-0.15, -0.1) is 0 Å². The van der Waals surface area contributed by atoms with Crippen LogP contribution in [0.5, 0.6) is 0 Å². The first-order chi connectivity index (χ1) is 10.3. The number of para-hydroxylation sites is 1. The largest absolute Gasteiger partial charge is 0.320 e. The van der Waals surface area contributed by atoms with Gasteiger partial charge >= 0.3 is 6.03 Å². The number of aromatic nitrogens is 1. The fourth-order valence-electron chi connectivity index (χ4n) is 3.32. The second-order valence-corrected chi connectivity index (χ2v) is 5.71. The Morgan fingerprint density at radius 2 is 2.19 bits per heavy atom. The first-order valence-corrected chi connectivity index (χ1v) is 7.42. The Kier molecular flexibility index (Phi) is 3.00. The molecule has 2 aliphatic rings. The van der Waals surface area contributed by atoms with E-state index in [4.69, 9.17) is 0 Å². The number of benzene rings is 1. The van der Waals surface area contributed by atoms with Gasteiger partial charge in [-0.1, -0.05) is 24.3 Å². The maximum absolute atomic E-state index is 12.5. The molecule has 0 radical (unpaired) electrons. The number of nitrogens with zero attached hydrogens (tertiary/aromatic N) is 3. The van der Waals surface area contributed by atoms with Gasteiger partial charge in [0, 0.05) is 44.3 Å². The average molecular weight is 282 g/mol. The molecule has 2 aromatic rings. The van der Waals surface area contributed by atoms with E-state index in [2.05, 4.69) is 28.5 Å². The van der Waals surface area contributed by atoms with Crippen molar-refractivity contribution in [3.8, 4) is 0 Å². The molecule has 1 N–H and O–H groups in total. The minimum atomic E-state index is 0.162. The quantitative estimate of drug-likeness (QED) is 0.907. The highest BCUT2D eigenvalue weighted by atomic mass is 16.2. The first-order valence-electron chi connectivity index (χ1n) is 7.42. The molecule has 5 nitrogen and oxygen atoms in total. The van der Waals surface area contributed by atoms with Crippen molar-refractivity contribution in [2.45, 2.75) is 12.6 Å². The fraction of sp³-hybridized carbons (Fsp3) is 0.375. The highest BCUT2D eigenvalue weighted by molar-refractivity contribution is 5.83. The van der Waals surface area contributed by atoms with Gasteiger partial charge in [0.25, 0.3) is 0 Å². The molecule has 5 heteroatoms. The lowest BCUT2D eigenvalue weighted by Crippen LogP contribution is -2.49. The Hall–Kier alpha value is -2.14. The van der Waals surface area contributed by atoms with Crippen molar-refractivity contribution in [3.05, 3.63) is 42.1 Å². The van der Waals surface area contributed by atoms with Gasteiger partial charge in [0.1, 0.15) is 0 Å². The van der Waals surface area contributed by atoms with Crippen molar-refractivity contribution >= 4 is 16.9 Å². The molecule has 108 valence electrons. The number of hydrogen-bond donors (Lipinski definition) is 1. The van der Waals surface area contributed by atoms with Crippen molar-refractivity contribution in [1.29, 1.82) is 0 Å². The number of carbonyl (C=O) groups is 1. The molecule has 0 bridgehead atoms. The van der Waals surface area contributed by atoms with Gasteiger partial charge in [0.15, 0.2) is 0 Å². The summed E-state index contributed by atoms with van der Waals surface area (Å²) < 4.78 is 0. The van der Waals surface area contributed by atoms with Crippen molar-refractivity contribution in [3.63, 3.8) is 0 Å². The summed E-state index contributed by atoms with van der Waals surface area (Å²) in [6.07, 6.45) is 1.81. The van der Waals surface area contributed by atoms with Crippen LogP contribution in [0.1, 0.15) is 5.56 Å². The predicted molar refractivity (Wildman–Crippen MR) is 80.9 cm³/mol. The number of piperazine rings is 1. The van der Waals surface area contributed by atoms with E-state index >= 15 is 0 Å². The van der Waals surface area contributed by atoms with E-state index in [0.29, 0.717) is 12.6 Å². The third-order valence-corrected chi connectivity index (χ3v) is 4.38. The molecule has 2 amide bonds. The summed E-state index contributed by atoms with van der Waals surface area (Å²) in [6, 6.07) is 10.6. The molecule has 2 aliphatic heterocycles. The zero-order chi connectivity index (χ0) is 14.2. The van der Waals surface area contributed by atoms with Gasteiger partial charge in [-0.3, -0.25) is 4.98 Å². The van der Waals surface area contributed by atoms with Crippen LogP contribution in [0.25, 0.3) is 10.9 Å². The molecule has 0 saturated carbocycles. The van der Waals surface area contributed by atoms with Crippen LogP contribution in [0.15, 0.2) is 36.5 Å². The predicted octanol–water partition coefficient (Wildman–Crippen LogP) is 1.44. The van der Waals surface area contributed by atoms with Gasteiger partial charge in [-0.05, 0) is 11.6 Å². The van der Waals surface area contributed by atoms with E-state index in [0.717, 1.165) is 42.6 Å². The van der Waals surface area contributed by atoms with E-state index in [-0.39, 0.29) is 6.03 Å². The van der Waals surface area contributed by atoms with Crippen LogP contribution >= 0.6 is 0 Å². The smallest absolute Gasteiger partial charge is 0.318 e. The number of nitrogens with one attached hydrogen (secondary N) is 1. The lowest BCUT2D eigenvalue weighted by atomic mass is 10.1. The highest BCUT2D eigenvalue weighted by Gasteiger charge is 2.38. The van der Waals surface area contributed by atoms with E-state index < -0.39 is 0 Å². The van der Waals surface area contributed by atoms with Crippen LogP contribution in [0, 0.1) is 0 Å². The number of carbonyl (C=O) groups excluding carboxylic acids is 1. The number of fused-ring (bicyclic) bond motifs is 2. The van der Waals surface area contributed by atoms with Crippen LogP contribution in [-0.2, 0) is 6.54 Å². The average Bonchev–Trinajstić information content (AvgIpc) is 2.85. The highest BCUT2D eigenvalue weighted by Crippen LogP contribution is 2.23. The molecule has 1 atom stereocenters. The Morgan fingerprint density at radius 1 is 1.29 bits per heavy atom. The molecule has 1 aromatic carbocycles. The van der Waals surface area contributed by atoms with Crippen molar-refractivity contribution < 1.29 is 4.79 Å². The van der Waals surface area contributed by atoms with Gasteiger partial charge < -0.3 is 15.1 Å². The van der Waals surface area contributed by atoms with Crippen LogP contribution in [0.4, 0.5) is 4.79 Å². The van der Waals surface area contributed by atoms with Gasteiger partial charge in [-0.25, -0.2) is 4.79 Å². The number of rotatable bonds is 2. The second kappa shape index (κ2) is 5.00. The molecule has 1 aromatic heterocycles. The minimum Gasteiger partial charge on any atom is -0.318 e. The molecular weight excluding hydrogens is 264 g/mol. The van der Waals surface area contributed by atoms with Gasteiger partial charge in [0.05, 0.1) is 11.6 Å². The van der Waals surface area contributed by atoms with E-state index in [1.807, 2.05) is 28.1 Å². The molecule has 2 saturated heterocycles. The topological polar surface area (TPSA) is 48.5 Å². The van der Waals surface area contributed by atoms with E-state index in [1.54, 1.807) is 0 Å². The van der Waals surface area contributed by atoms with E-state index in [1.165, 1.54) is 0 Å². The number of hydrogen-bond acceptors (Lipinski definition) is 3. The summed E-state index contributed by atoms with van der Waals surface area (Å²) in [5, 5.41) is 4.48. The molecule has 0 aliphatic carbocycles. The molecule has 1 unspecified atom stereocenters. The zero-order valence-corrected chi connectivity index (χ0v) is 11.8. The summed E-state index contributed by atoms with van der Waals surface area (Å²) >= 11 is 0. The summed E-state index contributed by atoms with van der Waals surface area (Å²) in [4.78, 5) is 20.9. The summed E-state index contributed by atoms with van der Waals surface area (Å²) in [6.45, 7) is 4.05. The maximum atomic E-state index is 12.5. The van der Waals surface area contributed by atoms with Crippen molar-refractivity contribution in [1.82, 2.24) is 20.1 Å². The standard InChI is InChI=1S/C16H18N4O/c21-16-19(11-14-9-17-7-8-20(14)16)10-13-4-1-3-12-5-2-6-18-15(12)13/h1-6,14,17H,7-11H2. The Morgan fingerprint density at radius 3 is 3.10 bits per heavy atom. The first kappa shape index (κ1) is 12.6. The molecule has 2 fully saturated rings. The SMILES string of the molecule is O=C1N(Cc2cccc3cccnc23)CC2CNCCN12. The lowest BCUT2D eigenvalue weighted by molar-refractivity contribution is 0.178. The number of pyridine rings is 1. The molecular formula is C16H18N4O. The minimum absolute atomic E-state index is 0.162. The normalized spacial score (nSPS) is 21.9. The van der Waals surface area contributed by atoms with Crippen LogP contribution in [0.3, 0.4) is 0 Å². The van der Waals surface area contributed by atoms with Crippen LogP contribution in [0.2, 0.25) is 0 Å². The Labute approximate surface area is 123 Å². The molecule has 3 heterocycles. The van der Waals surface area contributed by atoms with E-state index in [9.17, 15) is 4.79 Å². The number of urea groups is 1. The third-order valence-electron chi connectivity index (χ3n) is 4.38. The Bertz CT molecular complexity index is 682. The monoisotopic (exact) mass is 282 g/mol. The number of amides is 2. The second-order valence-electron chi connectivity index (χ2n) is 5.71. The third kappa shape index (κ3) is 2.14. The maximum Gasteiger partial charge on any atom is 0.320 e. The van der Waals surface area contributed by atoms with Crippen LogP contribution < -0.4 is 5.32 Å². The zero-order valence-electron chi connectivity index (χ0n) is 11.8. The van der Waals surface area contributed by atoms with Gasteiger partial charge in [0.2, 0.25) is 0 Å². The van der Waals surface area contributed by atoms with Crippen molar-refractivity contribution in [2.24, 2.45) is 0 Å². The molecule has 21 heavy (non-hydrogen) atoms. The molecule has 0 spiro atoms. The van der Waals surface area contributed by atoms with Crippen molar-refractivity contribution in [2.75, 3.05) is 26.2 Å². The summed E-state index contributed by atoms with van der Waals surface area (Å²) in [5.41, 5.74) is 2.12. The molecule has 4 rings (SSSR count). The lowest BCUT2D eigenvalue weighted by Gasteiger charge is -2.28. The summed E-state index contributed by atoms with van der Waals surface area (Å²) in [7, 11) is 0. The summed E-state index contributed by atoms with van der Waals surface area (Å²) in [5.74, 6) is 0. The van der Waals surface area contributed by atoms with Gasteiger partial charge in [-0.2, -0.15) is 0 Å². The fourth-order valence-corrected chi connectivity index (χ4v) is 3.32. The van der Waals surface area contributed by atoms with Crippen LogP contribution in [-0.4, -0.2) is 53.0 Å². The Balaban J connectivity index is 1.62.